The summed E-state index contributed by atoms with van der Waals surface area (Å²) < 4.78 is 0.945. The summed E-state index contributed by atoms with van der Waals surface area (Å²) >= 11 is 3.28. The molecule has 0 radical (unpaired) electrons. The lowest BCUT2D eigenvalue weighted by atomic mass is 10.2. The molecular formula is C9H13BrN2. The molecule has 0 atom stereocenters. The van der Waals surface area contributed by atoms with Crippen LogP contribution in [0, 0.1) is 5.41 Å². The summed E-state index contributed by atoms with van der Waals surface area (Å²) in [5, 5.41) is 7.09. The van der Waals surface area contributed by atoms with Gasteiger partial charge in [-0.05, 0) is 12.1 Å². The van der Waals surface area contributed by atoms with Crippen LogP contribution in [-0.4, -0.2) is 5.84 Å². The molecule has 1 rings (SSSR count). The van der Waals surface area contributed by atoms with Crippen molar-refractivity contribution in [2.75, 3.05) is 0 Å². The summed E-state index contributed by atoms with van der Waals surface area (Å²) in [5.74, 6) is 0.0984. The second-order valence-electron chi connectivity index (χ2n) is 1.92. The van der Waals surface area contributed by atoms with Crippen molar-refractivity contribution in [1.29, 1.82) is 5.41 Å². The maximum atomic E-state index is 7.09. The molecule has 0 bridgehead atoms. The van der Waals surface area contributed by atoms with Crippen molar-refractivity contribution < 1.29 is 0 Å². The molecule has 1 aromatic rings. The summed E-state index contributed by atoms with van der Waals surface area (Å²) in [6, 6.07) is 7.35. The largest absolute Gasteiger partial charge is 0.384 e. The molecule has 3 N–H and O–H groups in total. The zero-order valence-corrected chi connectivity index (χ0v) is 8.85. The molecule has 12 heavy (non-hydrogen) atoms. The third kappa shape index (κ3) is 3.53. The lowest BCUT2D eigenvalue weighted by Crippen LogP contribution is -2.10. The number of halogens is 1. The van der Waals surface area contributed by atoms with E-state index in [1.807, 2.05) is 32.0 Å². The maximum Gasteiger partial charge on any atom is 0.122 e. The predicted molar refractivity (Wildman–Crippen MR) is 56.5 cm³/mol. The van der Waals surface area contributed by atoms with E-state index in [0.717, 1.165) is 10.0 Å². The van der Waals surface area contributed by atoms with Gasteiger partial charge in [-0.3, -0.25) is 5.41 Å². The van der Waals surface area contributed by atoms with Gasteiger partial charge >= 0.3 is 0 Å². The Kier molecular flexibility index (Phi) is 5.37. The molecule has 0 amide bonds. The smallest absolute Gasteiger partial charge is 0.122 e. The maximum absolute atomic E-state index is 7.09. The van der Waals surface area contributed by atoms with Crippen molar-refractivity contribution in [3.8, 4) is 0 Å². The Labute approximate surface area is 81.4 Å². The minimum Gasteiger partial charge on any atom is -0.384 e. The molecule has 0 heterocycles. The Bertz CT molecular complexity index is 258. The van der Waals surface area contributed by atoms with Gasteiger partial charge in [0, 0.05) is 10.0 Å². The second-order valence-corrected chi connectivity index (χ2v) is 2.84. The minimum atomic E-state index is 0.0984. The molecule has 2 nitrogen and oxygen atoms in total. The number of amidine groups is 1. The van der Waals surface area contributed by atoms with E-state index in [1.54, 1.807) is 6.07 Å². The Morgan fingerprint density at radius 3 is 2.33 bits per heavy atom. The lowest BCUT2D eigenvalue weighted by Gasteiger charge is -1.96. The summed E-state index contributed by atoms with van der Waals surface area (Å²) in [5.41, 5.74) is 5.99. The minimum absolute atomic E-state index is 0.0984. The monoisotopic (exact) mass is 228 g/mol. The van der Waals surface area contributed by atoms with E-state index in [1.165, 1.54) is 0 Å². The first-order valence-electron chi connectivity index (χ1n) is 3.80. The van der Waals surface area contributed by atoms with Gasteiger partial charge in [0.05, 0.1) is 0 Å². The first kappa shape index (κ1) is 11.2. The van der Waals surface area contributed by atoms with Crippen LogP contribution in [0.2, 0.25) is 0 Å². The van der Waals surface area contributed by atoms with E-state index in [-0.39, 0.29) is 5.84 Å². The quantitative estimate of drug-likeness (QED) is 0.564. The fourth-order valence-corrected chi connectivity index (χ4v) is 1.06. The lowest BCUT2D eigenvalue weighted by molar-refractivity contribution is 1.42. The van der Waals surface area contributed by atoms with Gasteiger partial charge in [-0.15, -0.1) is 0 Å². The Morgan fingerprint density at radius 2 is 2.00 bits per heavy atom. The van der Waals surface area contributed by atoms with Crippen molar-refractivity contribution in [3.05, 3.63) is 34.3 Å². The van der Waals surface area contributed by atoms with Gasteiger partial charge in [-0.2, -0.15) is 0 Å². The van der Waals surface area contributed by atoms with E-state index >= 15 is 0 Å². The average molecular weight is 229 g/mol. The van der Waals surface area contributed by atoms with E-state index < -0.39 is 0 Å². The molecule has 0 aliphatic heterocycles. The van der Waals surface area contributed by atoms with Crippen LogP contribution in [0.25, 0.3) is 0 Å². The molecule has 66 valence electrons. The van der Waals surface area contributed by atoms with Crippen molar-refractivity contribution in [2.24, 2.45) is 5.73 Å². The van der Waals surface area contributed by atoms with Gasteiger partial charge in [0.1, 0.15) is 5.84 Å². The zero-order chi connectivity index (χ0) is 9.56. The average Bonchev–Trinajstić information content (AvgIpc) is 2.08. The van der Waals surface area contributed by atoms with E-state index in [0.29, 0.717) is 0 Å². The number of nitrogens with two attached hydrogens (primary N) is 1. The van der Waals surface area contributed by atoms with Crippen LogP contribution in [0.3, 0.4) is 0 Å². The zero-order valence-electron chi connectivity index (χ0n) is 7.26. The van der Waals surface area contributed by atoms with Gasteiger partial charge in [0.2, 0.25) is 0 Å². The van der Waals surface area contributed by atoms with Gasteiger partial charge in [0.15, 0.2) is 0 Å². The van der Waals surface area contributed by atoms with Crippen LogP contribution in [0.4, 0.5) is 0 Å². The normalized spacial score (nSPS) is 8.25. The first-order valence-corrected chi connectivity index (χ1v) is 4.59. The van der Waals surface area contributed by atoms with Crippen molar-refractivity contribution in [2.45, 2.75) is 13.8 Å². The van der Waals surface area contributed by atoms with Gasteiger partial charge in [-0.25, -0.2) is 0 Å². The molecule has 0 aromatic heterocycles. The standard InChI is InChI=1S/C7H7BrN2.C2H6/c8-6-3-1-2-5(4-6)7(9)10;1-2/h1-4H,(H3,9,10);1-2H3. The molecule has 0 saturated heterocycles. The highest BCUT2D eigenvalue weighted by molar-refractivity contribution is 9.10. The molecular weight excluding hydrogens is 216 g/mol. The number of nitrogen functional groups attached to an aromatic ring is 1. The third-order valence-corrected chi connectivity index (χ3v) is 1.63. The SMILES string of the molecule is CC.N=C(N)c1cccc(Br)c1. The highest BCUT2D eigenvalue weighted by Crippen LogP contribution is 2.10. The first-order chi connectivity index (χ1) is 5.70. The second kappa shape index (κ2) is 5.77. The summed E-state index contributed by atoms with van der Waals surface area (Å²) in [6.45, 7) is 4.00. The van der Waals surface area contributed by atoms with Gasteiger partial charge in [-0.1, -0.05) is 41.9 Å². The number of benzene rings is 1. The van der Waals surface area contributed by atoms with Crippen LogP contribution in [0.1, 0.15) is 19.4 Å². The highest BCUT2D eigenvalue weighted by Gasteiger charge is 1.94. The van der Waals surface area contributed by atoms with Crippen molar-refractivity contribution in [3.63, 3.8) is 0 Å². The van der Waals surface area contributed by atoms with Crippen LogP contribution in [0.15, 0.2) is 28.7 Å². The van der Waals surface area contributed by atoms with E-state index in [2.05, 4.69) is 15.9 Å². The summed E-state index contributed by atoms with van der Waals surface area (Å²) in [6.07, 6.45) is 0. The molecule has 0 aliphatic carbocycles. The topological polar surface area (TPSA) is 49.9 Å². The fourth-order valence-electron chi connectivity index (χ4n) is 0.656. The molecule has 0 saturated carbocycles. The Morgan fingerprint density at radius 1 is 1.42 bits per heavy atom. The molecule has 0 fully saturated rings. The molecule has 1 aromatic carbocycles. The van der Waals surface area contributed by atoms with Gasteiger partial charge < -0.3 is 5.73 Å². The van der Waals surface area contributed by atoms with Crippen LogP contribution < -0.4 is 5.73 Å². The number of hydrogen-bond donors (Lipinski definition) is 2. The third-order valence-electron chi connectivity index (χ3n) is 1.14. The number of rotatable bonds is 1. The number of hydrogen-bond acceptors (Lipinski definition) is 1. The van der Waals surface area contributed by atoms with Gasteiger partial charge in [0.25, 0.3) is 0 Å². The van der Waals surface area contributed by atoms with Crippen LogP contribution in [0.5, 0.6) is 0 Å². The predicted octanol–water partition coefficient (Wildman–Crippen LogP) is 2.76. The van der Waals surface area contributed by atoms with Crippen molar-refractivity contribution >= 4 is 21.8 Å². The van der Waals surface area contributed by atoms with Crippen molar-refractivity contribution in [1.82, 2.24) is 0 Å². The molecule has 0 spiro atoms. The van der Waals surface area contributed by atoms with E-state index in [4.69, 9.17) is 11.1 Å². The highest BCUT2D eigenvalue weighted by atomic mass is 79.9. The van der Waals surface area contributed by atoms with Crippen LogP contribution >= 0.6 is 15.9 Å². The molecule has 0 unspecified atom stereocenters. The number of nitrogens with one attached hydrogen (secondary N) is 1. The Hall–Kier alpha value is -0.830. The Balaban J connectivity index is 0.000000561. The fraction of sp³-hybridized carbons (Fsp3) is 0.222. The summed E-state index contributed by atoms with van der Waals surface area (Å²) in [4.78, 5) is 0. The summed E-state index contributed by atoms with van der Waals surface area (Å²) in [7, 11) is 0. The van der Waals surface area contributed by atoms with E-state index in [9.17, 15) is 0 Å². The molecule has 0 aliphatic rings. The van der Waals surface area contributed by atoms with Crippen LogP contribution in [-0.2, 0) is 0 Å². The molecule has 3 heteroatoms.